The molecule has 0 atom stereocenters. The Kier molecular flexibility index (Phi) is 4.35. The molecule has 0 saturated heterocycles. The van der Waals surface area contributed by atoms with Gasteiger partial charge in [-0.1, -0.05) is 12.1 Å². The maximum Gasteiger partial charge on any atom is 0.271 e. The van der Waals surface area contributed by atoms with E-state index in [1.54, 1.807) is 49.2 Å². The van der Waals surface area contributed by atoms with Gasteiger partial charge in [0.05, 0.1) is 17.7 Å². The quantitative estimate of drug-likeness (QED) is 0.476. The van der Waals surface area contributed by atoms with Crippen LogP contribution >= 0.6 is 0 Å². The predicted molar refractivity (Wildman–Crippen MR) is 110 cm³/mol. The lowest BCUT2D eigenvalue weighted by Gasteiger charge is -2.38. The first kappa shape index (κ1) is 19.5. The number of anilines is 1. The van der Waals surface area contributed by atoms with E-state index < -0.39 is 10.5 Å². The number of nitro benzene ring substituents is 1. The fraction of sp³-hybridized carbons (Fsp3) is 0.136. The second-order valence-corrected chi connectivity index (χ2v) is 6.90. The monoisotopic (exact) mass is 410 g/mol. The van der Waals surface area contributed by atoms with E-state index in [2.05, 4.69) is 6.07 Å². The zero-order chi connectivity index (χ0) is 22.3. The number of hydrogen-bond donors (Lipinski definition) is 0. The minimum atomic E-state index is -1.75. The standard InChI is InChI=1S/C22H14N6O3/c1-26-21-17(10-23)18(14-3-6-16(31-2)7-4-14)11-27(21)20-9-15(28(29)30)5-8-19(20)22(26,12-24)13-25/h3-9,11H,1-2H3. The molecule has 31 heavy (non-hydrogen) atoms. The van der Waals surface area contributed by atoms with Crippen LogP contribution in [0.5, 0.6) is 5.75 Å². The lowest BCUT2D eigenvalue weighted by atomic mass is 9.87. The van der Waals surface area contributed by atoms with Crippen LogP contribution in [0, 0.1) is 44.1 Å². The number of rotatable bonds is 3. The van der Waals surface area contributed by atoms with Crippen molar-refractivity contribution in [3.8, 4) is 40.8 Å². The molecule has 9 heteroatoms. The topological polar surface area (TPSA) is 132 Å². The van der Waals surface area contributed by atoms with Crippen LogP contribution in [0.3, 0.4) is 0 Å². The third-order valence-electron chi connectivity index (χ3n) is 5.48. The minimum Gasteiger partial charge on any atom is -0.497 e. The Bertz CT molecular complexity index is 1340. The molecule has 3 aromatic rings. The van der Waals surface area contributed by atoms with Gasteiger partial charge in [0.15, 0.2) is 0 Å². The van der Waals surface area contributed by atoms with Crippen LogP contribution < -0.4 is 9.64 Å². The number of nitro groups is 1. The molecule has 0 aliphatic carbocycles. The normalized spacial score (nSPS) is 13.2. The van der Waals surface area contributed by atoms with Gasteiger partial charge in [0.1, 0.15) is 35.3 Å². The number of fused-ring (bicyclic) bond motifs is 3. The second-order valence-electron chi connectivity index (χ2n) is 6.90. The molecular formula is C22H14N6O3. The Morgan fingerprint density at radius 3 is 2.32 bits per heavy atom. The van der Waals surface area contributed by atoms with Crippen molar-refractivity contribution in [3.63, 3.8) is 0 Å². The van der Waals surface area contributed by atoms with Gasteiger partial charge < -0.3 is 14.2 Å². The van der Waals surface area contributed by atoms with Crippen molar-refractivity contribution < 1.29 is 9.66 Å². The van der Waals surface area contributed by atoms with Crippen LogP contribution in [0.1, 0.15) is 11.1 Å². The summed E-state index contributed by atoms with van der Waals surface area (Å²) in [6.07, 6.45) is 1.69. The van der Waals surface area contributed by atoms with Crippen molar-refractivity contribution in [2.24, 2.45) is 0 Å². The lowest BCUT2D eigenvalue weighted by Crippen LogP contribution is -2.46. The summed E-state index contributed by atoms with van der Waals surface area (Å²) in [5, 5.41) is 41.2. The molecule has 0 N–H and O–H groups in total. The summed E-state index contributed by atoms with van der Waals surface area (Å²) in [4.78, 5) is 12.3. The molecular weight excluding hydrogens is 396 g/mol. The largest absolute Gasteiger partial charge is 0.497 e. The van der Waals surface area contributed by atoms with Crippen LogP contribution in [0.15, 0.2) is 48.7 Å². The van der Waals surface area contributed by atoms with Gasteiger partial charge in [-0.25, -0.2) is 0 Å². The molecule has 1 aromatic heterocycles. The van der Waals surface area contributed by atoms with Crippen LogP contribution in [0.4, 0.5) is 11.5 Å². The van der Waals surface area contributed by atoms with Crippen molar-refractivity contribution in [3.05, 3.63) is 69.9 Å². The van der Waals surface area contributed by atoms with Gasteiger partial charge >= 0.3 is 0 Å². The van der Waals surface area contributed by atoms with Crippen LogP contribution in [-0.2, 0) is 5.54 Å². The summed E-state index contributed by atoms with van der Waals surface area (Å²) in [6.45, 7) is 0. The SMILES string of the molecule is COc1ccc(-c2cn3c(c2C#N)N(C)C(C#N)(C#N)c2ccc([N+](=O)[O-])cc2-3)cc1. The summed E-state index contributed by atoms with van der Waals surface area (Å²) in [6, 6.07) is 17.3. The van der Waals surface area contributed by atoms with Gasteiger partial charge in [-0.15, -0.1) is 0 Å². The zero-order valence-corrected chi connectivity index (χ0v) is 16.5. The maximum atomic E-state index is 11.4. The fourth-order valence-electron chi connectivity index (χ4n) is 3.88. The summed E-state index contributed by atoms with van der Waals surface area (Å²) in [5.74, 6) is 0.960. The third kappa shape index (κ3) is 2.60. The number of methoxy groups -OCH3 is 1. The molecule has 0 bridgehead atoms. The van der Waals surface area contributed by atoms with E-state index in [4.69, 9.17) is 4.74 Å². The summed E-state index contributed by atoms with van der Waals surface area (Å²) >= 11 is 0. The summed E-state index contributed by atoms with van der Waals surface area (Å²) in [5.41, 5.74) is 0.217. The first-order valence-electron chi connectivity index (χ1n) is 9.07. The molecule has 4 rings (SSSR count). The highest BCUT2D eigenvalue weighted by Crippen LogP contribution is 2.46. The van der Waals surface area contributed by atoms with Gasteiger partial charge in [-0.3, -0.25) is 10.1 Å². The Labute approximate surface area is 177 Å². The number of non-ortho nitro benzene ring substituents is 1. The van der Waals surface area contributed by atoms with Gasteiger partial charge in [0.2, 0.25) is 5.54 Å². The van der Waals surface area contributed by atoms with Gasteiger partial charge in [0.25, 0.3) is 5.69 Å². The Balaban J connectivity index is 2.07. The van der Waals surface area contributed by atoms with Crippen molar-refractivity contribution in [2.75, 3.05) is 19.1 Å². The highest BCUT2D eigenvalue weighted by Gasteiger charge is 2.46. The van der Waals surface area contributed by atoms with Gasteiger partial charge in [-0.2, -0.15) is 15.8 Å². The number of aromatic nitrogens is 1. The molecule has 0 spiro atoms. The Morgan fingerprint density at radius 2 is 1.77 bits per heavy atom. The minimum absolute atomic E-state index is 0.183. The Morgan fingerprint density at radius 1 is 1.10 bits per heavy atom. The van der Waals surface area contributed by atoms with Crippen LogP contribution in [-0.4, -0.2) is 23.6 Å². The molecule has 150 valence electrons. The van der Waals surface area contributed by atoms with Crippen molar-refractivity contribution in [1.29, 1.82) is 15.8 Å². The first-order chi connectivity index (χ1) is 14.9. The highest BCUT2D eigenvalue weighted by atomic mass is 16.6. The molecule has 0 unspecified atom stereocenters. The number of nitriles is 3. The number of ether oxygens (including phenoxy) is 1. The second kappa shape index (κ2) is 6.91. The van der Waals surface area contributed by atoms with Crippen molar-refractivity contribution in [2.45, 2.75) is 5.54 Å². The average Bonchev–Trinajstić information content (AvgIpc) is 3.19. The molecule has 9 nitrogen and oxygen atoms in total. The molecule has 0 radical (unpaired) electrons. The highest BCUT2D eigenvalue weighted by molar-refractivity contribution is 5.83. The van der Waals surface area contributed by atoms with Crippen molar-refractivity contribution >= 4 is 11.5 Å². The molecule has 1 aliphatic rings. The van der Waals surface area contributed by atoms with Gasteiger partial charge in [-0.05, 0) is 23.8 Å². The number of nitrogens with zero attached hydrogens (tertiary/aromatic N) is 6. The molecule has 1 aliphatic heterocycles. The third-order valence-corrected chi connectivity index (χ3v) is 5.48. The fourth-order valence-corrected chi connectivity index (χ4v) is 3.88. The van der Waals surface area contributed by atoms with E-state index in [-0.39, 0.29) is 11.3 Å². The Hall–Kier alpha value is -4.81. The molecule has 0 fully saturated rings. The van der Waals surface area contributed by atoms with Crippen LogP contribution in [0.2, 0.25) is 0 Å². The summed E-state index contributed by atoms with van der Waals surface area (Å²) in [7, 11) is 3.11. The smallest absolute Gasteiger partial charge is 0.271 e. The zero-order valence-electron chi connectivity index (χ0n) is 16.5. The number of hydrogen-bond acceptors (Lipinski definition) is 7. The van der Waals surface area contributed by atoms with E-state index in [1.165, 1.54) is 23.1 Å². The molecule has 2 aromatic carbocycles. The van der Waals surface area contributed by atoms with Crippen molar-refractivity contribution in [1.82, 2.24) is 4.57 Å². The lowest BCUT2D eigenvalue weighted by molar-refractivity contribution is -0.384. The maximum absolute atomic E-state index is 11.4. The summed E-state index contributed by atoms with van der Waals surface area (Å²) < 4.78 is 6.80. The van der Waals surface area contributed by atoms with E-state index in [0.717, 1.165) is 5.56 Å². The molecule has 2 heterocycles. The first-order valence-corrected chi connectivity index (χ1v) is 9.07. The van der Waals surface area contributed by atoms with Gasteiger partial charge in [0, 0.05) is 36.5 Å². The number of benzene rings is 2. The van der Waals surface area contributed by atoms with E-state index in [1.807, 2.05) is 12.1 Å². The molecule has 0 saturated carbocycles. The van der Waals surface area contributed by atoms with E-state index >= 15 is 0 Å². The van der Waals surface area contributed by atoms with E-state index in [0.29, 0.717) is 28.4 Å². The molecule has 0 amide bonds. The van der Waals surface area contributed by atoms with E-state index in [9.17, 15) is 25.9 Å². The van der Waals surface area contributed by atoms with Crippen LogP contribution in [0.25, 0.3) is 16.8 Å². The predicted octanol–water partition coefficient (Wildman–Crippen LogP) is 3.63. The average molecular weight is 410 g/mol.